The number of hydrogen-bond acceptors (Lipinski definition) is 4. The molecule has 0 saturated carbocycles. The Hall–Kier alpha value is -0.810. The first-order valence-corrected chi connectivity index (χ1v) is 4.83. The molecule has 1 atom stereocenters. The number of imide groups is 1. The zero-order valence-corrected chi connectivity index (χ0v) is 8.64. The van der Waals surface area contributed by atoms with Gasteiger partial charge in [0.1, 0.15) is 0 Å². The molecule has 2 amide bonds. The predicted molar refractivity (Wildman–Crippen MR) is 51.7 cm³/mol. The molecular weight excluding hydrogens is 188 g/mol. The highest BCUT2D eigenvalue weighted by Gasteiger charge is 2.35. The summed E-state index contributed by atoms with van der Waals surface area (Å²) in [7, 11) is 1.48. The number of nitrogens with zero attached hydrogens (tertiary/aromatic N) is 1. The lowest BCUT2D eigenvalue weighted by molar-refractivity contribution is -0.135. The Bertz CT molecular complexity index is 299. The molecular formula is C8H12N2O2S. The van der Waals surface area contributed by atoms with E-state index < -0.39 is 0 Å². The number of likely N-dealkylation sites (N-methyl/N-ethyl adjacent to an activating group) is 1. The second kappa shape index (κ2) is 3.51. The van der Waals surface area contributed by atoms with Crippen molar-refractivity contribution in [3.63, 3.8) is 0 Å². The van der Waals surface area contributed by atoms with Crippen LogP contribution in [0.2, 0.25) is 0 Å². The fourth-order valence-electron chi connectivity index (χ4n) is 1.35. The lowest BCUT2D eigenvalue weighted by Gasteiger charge is -2.09. The quantitative estimate of drug-likeness (QED) is 0.514. The number of carbonyl (C=O) groups is 2. The Morgan fingerprint density at radius 3 is 2.23 bits per heavy atom. The van der Waals surface area contributed by atoms with Crippen LogP contribution >= 0.6 is 11.9 Å². The smallest absolute Gasteiger partial charge is 0.258 e. The van der Waals surface area contributed by atoms with Crippen molar-refractivity contribution >= 4 is 23.8 Å². The summed E-state index contributed by atoms with van der Waals surface area (Å²) in [5.41, 5.74) is 1.04. The fourth-order valence-corrected chi connectivity index (χ4v) is 1.76. The Morgan fingerprint density at radius 2 is 1.92 bits per heavy atom. The molecule has 0 aliphatic carbocycles. The summed E-state index contributed by atoms with van der Waals surface area (Å²) < 4.78 is 0. The Labute approximate surface area is 81.3 Å². The van der Waals surface area contributed by atoms with E-state index in [0.29, 0.717) is 11.1 Å². The standard InChI is InChI=1S/C8H12N2O2S/c1-4-6(5(2)13-9)8(12)10(3)7(4)11/h5H,9H2,1-3H3. The molecule has 1 heterocycles. The van der Waals surface area contributed by atoms with E-state index in [4.69, 9.17) is 5.14 Å². The highest BCUT2D eigenvalue weighted by Crippen LogP contribution is 2.26. The van der Waals surface area contributed by atoms with Crippen LogP contribution in [0, 0.1) is 0 Å². The maximum absolute atomic E-state index is 11.5. The zero-order chi connectivity index (χ0) is 10.2. The molecule has 2 N–H and O–H groups in total. The third-order valence-electron chi connectivity index (χ3n) is 2.18. The van der Waals surface area contributed by atoms with Crippen LogP contribution in [0.25, 0.3) is 0 Å². The summed E-state index contributed by atoms with van der Waals surface area (Å²) in [6.07, 6.45) is 0. The minimum Gasteiger partial charge on any atom is -0.278 e. The monoisotopic (exact) mass is 200 g/mol. The maximum Gasteiger partial charge on any atom is 0.258 e. The van der Waals surface area contributed by atoms with E-state index in [0.717, 1.165) is 16.8 Å². The third kappa shape index (κ3) is 1.49. The van der Waals surface area contributed by atoms with Crippen LogP contribution in [0.5, 0.6) is 0 Å². The summed E-state index contributed by atoms with van der Waals surface area (Å²) in [4.78, 5) is 24.0. The number of amides is 2. The summed E-state index contributed by atoms with van der Waals surface area (Å²) in [5.74, 6) is -0.450. The van der Waals surface area contributed by atoms with Gasteiger partial charge in [-0.25, -0.2) is 0 Å². The van der Waals surface area contributed by atoms with E-state index in [1.54, 1.807) is 6.92 Å². The third-order valence-corrected chi connectivity index (χ3v) is 2.82. The van der Waals surface area contributed by atoms with Crippen molar-refractivity contribution in [3.8, 4) is 0 Å². The van der Waals surface area contributed by atoms with Gasteiger partial charge in [0, 0.05) is 23.4 Å². The molecule has 1 aliphatic heterocycles. The normalized spacial score (nSPS) is 20.2. The molecule has 0 aromatic carbocycles. The lowest BCUT2D eigenvalue weighted by atomic mass is 10.1. The Kier molecular flexibility index (Phi) is 2.77. The number of nitrogens with two attached hydrogens (primary N) is 1. The van der Waals surface area contributed by atoms with E-state index >= 15 is 0 Å². The SMILES string of the molecule is CC1=C(C(C)SN)C(=O)N(C)C1=O. The number of hydrogen-bond donors (Lipinski definition) is 1. The Balaban J connectivity index is 3.08. The molecule has 0 aromatic heterocycles. The summed E-state index contributed by atoms with van der Waals surface area (Å²) in [6, 6.07) is 0. The number of rotatable bonds is 2. The summed E-state index contributed by atoms with van der Waals surface area (Å²) >= 11 is 1.08. The van der Waals surface area contributed by atoms with Gasteiger partial charge in [-0.2, -0.15) is 0 Å². The van der Waals surface area contributed by atoms with E-state index in [1.165, 1.54) is 7.05 Å². The number of carbonyl (C=O) groups excluding carboxylic acids is 2. The molecule has 4 nitrogen and oxygen atoms in total. The van der Waals surface area contributed by atoms with Crippen LogP contribution < -0.4 is 5.14 Å². The van der Waals surface area contributed by atoms with Gasteiger partial charge in [0.05, 0.1) is 0 Å². The van der Waals surface area contributed by atoms with Crippen LogP contribution in [-0.4, -0.2) is 29.0 Å². The largest absolute Gasteiger partial charge is 0.278 e. The van der Waals surface area contributed by atoms with E-state index in [1.807, 2.05) is 6.92 Å². The first kappa shape index (κ1) is 10.3. The molecule has 0 radical (unpaired) electrons. The fraction of sp³-hybridized carbons (Fsp3) is 0.500. The molecule has 0 saturated heterocycles. The second-order valence-electron chi connectivity index (χ2n) is 2.99. The topological polar surface area (TPSA) is 63.4 Å². The van der Waals surface area contributed by atoms with Gasteiger partial charge in [-0.15, -0.1) is 0 Å². The van der Waals surface area contributed by atoms with Crippen LogP contribution in [0.15, 0.2) is 11.1 Å². The average molecular weight is 200 g/mol. The van der Waals surface area contributed by atoms with Crippen LogP contribution in [0.4, 0.5) is 0 Å². The van der Waals surface area contributed by atoms with Gasteiger partial charge in [0.15, 0.2) is 0 Å². The van der Waals surface area contributed by atoms with E-state index in [-0.39, 0.29) is 17.1 Å². The van der Waals surface area contributed by atoms with Crippen LogP contribution in [0.1, 0.15) is 13.8 Å². The molecule has 0 bridgehead atoms. The summed E-state index contributed by atoms with van der Waals surface area (Å²) in [5, 5.41) is 5.24. The van der Waals surface area contributed by atoms with Gasteiger partial charge in [-0.05, 0) is 13.8 Å². The van der Waals surface area contributed by atoms with E-state index in [9.17, 15) is 9.59 Å². The molecule has 13 heavy (non-hydrogen) atoms. The molecule has 0 aromatic rings. The van der Waals surface area contributed by atoms with Gasteiger partial charge in [0.2, 0.25) is 0 Å². The van der Waals surface area contributed by atoms with Gasteiger partial charge in [-0.1, -0.05) is 11.9 Å². The molecule has 1 rings (SSSR count). The minimum absolute atomic E-state index is 0.124. The summed E-state index contributed by atoms with van der Waals surface area (Å²) in [6.45, 7) is 3.47. The van der Waals surface area contributed by atoms with Crippen molar-refractivity contribution in [2.24, 2.45) is 5.14 Å². The van der Waals surface area contributed by atoms with Crippen molar-refractivity contribution in [2.45, 2.75) is 19.1 Å². The first-order valence-electron chi connectivity index (χ1n) is 3.89. The van der Waals surface area contributed by atoms with Crippen LogP contribution in [-0.2, 0) is 9.59 Å². The molecule has 1 unspecified atom stereocenters. The first-order chi connectivity index (χ1) is 6.00. The molecule has 5 heteroatoms. The molecule has 0 fully saturated rings. The zero-order valence-electron chi connectivity index (χ0n) is 7.83. The predicted octanol–water partition coefficient (Wildman–Crippen LogP) is 0.297. The van der Waals surface area contributed by atoms with Gasteiger partial charge >= 0.3 is 0 Å². The average Bonchev–Trinajstić information content (AvgIpc) is 2.30. The molecule has 72 valence electrons. The highest BCUT2D eigenvalue weighted by molar-refractivity contribution is 7.97. The Morgan fingerprint density at radius 1 is 1.38 bits per heavy atom. The van der Waals surface area contributed by atoms with Gasteiger partial charge in [0.25, 0.3) is 11.8 Å². The van der Waals surface area contributed by atoms with Gasteiger partial charge < -0.3 is 0 Å². The van der Waals surface area contributed by atoms with Crippen molar-refractivity contribution < 1.29 is 9.59 Å². The van der Waals surface area contributed by atoms with Crippen molar-refractivity contribution in [1.29, 1.82) is 0 Å². The van der Waals surface area contributed by atoms with Crippen molar-refractivity contribution in [1.82, 2.24) is 4.90 Å². The maximum atomic E-state index is 11.5. The van der Waals surface area contributed by atoms with Crippen molar-refractivity contribution in [2.75, 3.05) is 7.05 Å². The lowest BCUT2D eigenvalue weighted by Crippen LogP contribution is -2.28. The van der Waals surface area contributed by atoms with E-state index in [2.05, 4.69) is 0 Å². The molecule has 1 aliphatic rings. The highest BCUT2D eigenvalue weighted by atomic mass is 32.2. The van der Waals surface area contributed by atoms with Gasteiger partial charge in [-0.3, -0.25) is 19.6 Å². The minimum atomic E-state index is -0.229. The van der Waals surface area contributed by atoms with Crippen molar-refractivity contribution in [3.05, 3.63) is 11.1 Å². The second-order valence-corrected chi connectivity index (χ2v) is 3.97. The van der Waals surface area contributed by atoms with Crippen LogP contribution in [0.3, 0.4) is 0 Å². The molecule has 0 spiro atoms.